The molecule has 3 aliphatic heterocycles. The standard InChI is InChI=1S/C23H29N15O5/c24-9-2-1-7-14(39)11(20(42-7)38-6-32-13-18(38)35-23(27)36-19(13)41)34-22(26)28-3-8-10(33-9)15(40)21(43-8)37-5-31-12-16(25)29-4-30-17(12)37/h4-8,10-11,14-15,20-21,39-40H,1-3H2,(H2,24,33)(H2,25,29,30)(H3,26,28,34)(H3,27,35,36,41)/t7-,8-,10?,11+,14?,15+,20-,21-/m1/s1. The van der Waals surface area contributed by atoms with Crippen LogP contribution in [0.25, 0.3) is 22.3 Å². The number of nitrogens with one attached hydrogen (secondary N) is 2. The molecule has 2 bridgehead atoms. The smallest absolute Gasteiger partial charge is 0.280 e. The van der Waals surface area contributed by atoms with E-state index in [0.29, 0.717) is 11.2 Å². The molecular formula is C23H29N15O5. The summed E-state index contributed by atoms with van der Waals surface area (Å²) in [5.41, 5.74) is 24.7. The maximum absolute atomic E-state index is 12.3. The number of aliphatic hydroxyl groups is 2. The van der Waals surface area contributed by atoms with Crippen LogP contribution in [0.4, 0.5) is 11.8 Å². The number of imidazole rings is 2. The van der Waals surface area contributed by atoms with Crippen molar-refractivity contribution >= 4 is 45.9 Å². The van der Waals surface area contributed by atoms with E-state index in [-0.39, 0.29) is 54.1 Å². The quantitative estimate of drug-likeness (QED) is 0.111. The van der Waals surface area contributed by atoms with Gasteiger partial charge < -0.3 is 47.9 Å². The average molecular weight is 596 g/mol. The summed E-state index contributed by atoms with van der Waals surface area (Å²) in [4.78, 5) is 44.6. The van der Waals surface area contributed by atoms with Gasteiger partial charge in [0.15, 0.2) is 41.0 Å². The maximum Gasteiger partial charge on any atom is 0.280 e. The number of nitrogens with zero attached hydrogens (tertiary/aromatic N) is 9. The Bertz CT molecular complexity index is 1820. The van der Waals surface area contributed by atoms with E-state index in [1.54, 1.807) is 4.57 Å². The molecule has 2 unspecified atom stereocenters. The van der Waals surface area contributed by atoms with E-state index in [0.717, 1.165) is 0 Å². The van der Waals surface area contributed by atoms with Crippen LogP contribution in [0.3, 0.4) is 0 Å². The molecule has 2 fully saturated rings. The molecule has 4 aromatic rings. The first-order valence-corrected chi connectivity index (χ1v) is 13.4. The van der Waals surface area contributed by atoms with Crippen molar-refractivity contribution in [3.63, 3.8) is 0 Å². The van der Waals surface area contributed by atoms with Crippen LogP contribution in [0.2, 0.25) is 0 Å². The number of hydrogen-bond acceptors (Lipinski definition) is 17. The molecule has 0 spiro atoms. The Morgan fingerprint density at radius 1 is 0.907 bits per heavy atom. The number of nitrogen functional groups attached to an aromatic ring is 2. The Hall–Kier alpha value is -4.92. The summed E-state index contributed by atoms with van der Waals surface area (Å²) in [5.74, 6) is 0.279. The van der Waals surface area contributed by atoms with Crippen molar-refractivity contribution in [2.45, 2.75) is 61.8 Å². The molecule has 7 rings (SSSR count). The lowest BCUT2D eigenvalue weighted by Gasteiger charge is -2.23. The number of nitrogens with two attached hydrogens (primary N) is 4. The predicted octanol–water partition coefficient (Wildman–Crippen LogP) is -3.57. The van der Waals surface area contributed by atoms with Gasteiger partial charge in [-0.25, -0.2) is 19.9 Å². The molecule has 12 N–H and O–H groups in total. The number of ether oxygens (including phenoxy) is 2. The number of fused-ring (bicyclic) bond motifs is 5. The SMILES string of the molecule is NC1=NC2[C@@H](CN=C(N)N[C@H]3C(O)[C@@H](CC1)O[C@H]3n1cnc3c(=O)[nH]c(N)nc31)O[C@@H](n1cnc3c(N)ncnc31)[C@H]2O. The lowest BCUT2D eigenvalue weighted by Crippen LogP contribution is -2.49. The largest absolute Gasteiger partial charge is 0.388 e. The van der Waals surface area contributed by atoms with Crippen LogP contribution in [-0.2, 0) is 9.47 Å². The highest BCUT2D eigenvalue weighted by molar-refractivity contribution is 5.82. The minimum absolute atomic E-state index is 0.0170. The fourth-order valence-electron chi connectivity index (χ4n) is 5.78. The van der Waals surface area contributed by atoms with Crippen LogP contribution in [0, 0.1) is 0 Å². The zero-order valence-electron chi connectivity index (χ0n) is 22.4. The van der Waals surface area contributed by atoms with Crippen LogP contribution in [-0.4, -0.2) is 104 Å². The third-order valence-electron chi connectivity index (χ3n) is 7.85. The monoisotopic (exact) mass is 595 g/mol. The van der Waals surface area contributed by atoms with Gasteiger partial charge in [0.25, 0.3) is 5.56 Å². The predicted molar refractivity (Wildman–Crippen MR) is 150 cm³/mol. The van der Waals surface area contributed by atoms with Gasteiger partial charge in [-0.05, 0) is 6.42 Å². The molecular weight excluding hydrogens is 566 g/mol. The first-order chi connectivity index (χ1) is 20.7. The summed E-state index contributed by atoms with van der Waals surface area (Å²) < 4.78 is 15.5. The molecule has 3 aliphatic rings. The summed E-state index contributed by atoms with van der Waals surface area (Å²) >= 11 is 0. The number of aromatic amines is 1. The summed E-state index contributed by atoms with van der Waals surface area (Å²) in [6.45, 7) is -0.0170. The number of hydrogen-bond donors (Lipinski definition) is 8. The van der Waals surface area contributed by atoms with Crippen LogP contribution in [0.5, 0.6) is 0 Å². The third kappa shape index (κ3) is 4.47. The second kappa shape index (κ2) is 10.1. The van der Waals surface area contributed by atoms with Gasteiger partial charge in [-0.15, -0.1) is 0 Å². The molecule has 8 atom stereocenters. The highest BCUT2D eigenvalue weighted by Gasteiger charge is 2.48. The van der Waals surface area contributed by atoms with E-state index in [9.17, 15) is 15.0 Å². The summed E-state index contributed by atoms with van der Waals surface area (Å²) in [5, 5.41) is 25.6. The minimum atomic E-state index is -1.15. The number of aliphatic imine (C=N–C) groups is 2. The van der Waals surface area contributed by atoms with Gasteiger partial charge in [0.1, 0.15) is 42.2 Å². The second-order valence-electron chi connectivity index (χ2n) is 10.5. The van der Waals surface area contributed by atoms with Gasteiger partial charge in [-0.3, -0.25) is 28.9 Å². The van der Waals surface area contributed by atoms with Crippen molar-refractivity contribution in [3.05, 3.63) is 29.3 Å². The fourth-order valence-corrected chi connectivity index (χ4v) is 5.78. The summed E-state index contributed by atoms with van der Waals surface area (Å²) in [6.07, 6.45) is -0.859. The number of anilines is 2. The van der Waals surface area contributed by atoms with Crippen LogP contribution in [0.15, 0.2) is 33.8 Å². The van der Waals surface area contributed by atoms with Gasteiger partial charge in [-0.2, -0.15) is 4.98 Å². The normalized spacial score (nSPS) is 31.5. The number of aliphatic hydroxyl groups excluding tert-OH is 2. The first kappa shape index (κ1) is 26.9. The molecule has 20 nitrogen and oxygen atoms in total. The summed E-state index contributed by atoms with van der Waals surface area (Å²) in [7, 11) is 0. The van der Waals surface area contributed by atoms with E-state index in [2.05, 4.69) is 45.2 Å². The zero-order valence-corrected chi connectivity index (χ0v) is 22.4. The highest BCUT2D eigenvalue weighted by Crippen LogP contribution is 2.36. The molecule has 2 saturated heterocycles. The Kier molecular flexibility index (Phi) is 6.34. The number of guanidine groups is 1. The first-order valence-electron chi connectivity index (χ1n) is 13.4. The van der Waals surface area contributed by atoms with Gasteiger partial charge in [-0.1, -0.05) is 0 Å². The lowest BCUT2D eigenvalue weighted by atomic mass is 10.0. The van der Waals surface area contributed by atoms with Gasteiger partial charge in [0.2, 0.25) is 5.95 Å². The van der Waals surface area contributed by atoms with E-state index in [1.165, 1.54) is 23.5 Å². The Morgan fingerprint density at radius 3 is 2.47 bits per heavy atom. The fraction of sp³-hybridized carbons (Fsp3) is 0.478. The number of amidine groups is 1. The van der Waals surface area contributed by atoms with Gasteiger partial charge >= 0.3 is 0 Å². The van der Waals surface area contributed by atoms with Crippen molar-refractivity contribution in [2.75, 3.05) is 18.0 Å². The molecule has 20 heteroatoms. The van der Waals surface area contributed by atoms with Crippen LogP contribution >= 0.6 is 0 Å². The maximum atomic E-state index is 12.3. The molecule has 0 aliphatic carbocycles. The molecule has 0 saturated carbocycles. The van der Waals surface area contributed by atoms with E-state index < -0.39 is 54.5 Å². The van der Waals surface area contributed by atoms with Crippen molar-refractivity contribution in [2.24, 2.45) is 21.5 Å². The van der Waals surface area contributed by atoms with E-state index in [1.807, 2.05) is 0 Å². The van der Waals surface area contributed by atoms with E-state index >= 15 is 0 Å². The van der Waals surface area contributed by atoms with Crippen LogP contribution in [0.1, 0.15) is 25.3 Å². The molecule has 0 radical (unpaired) electrons. The highest BCUT2D eigenvalue weighted by atomic mass is 16.5. The van der Waals surface area contributed by atoms with Gasteiger partial charge in [0.05, 0.1) is 31.1 Å². The van der Waals surface area contributed by atoms with Crippen LogP contribution < -0.4 is 33.8 Å². The Morgan fingerprint density at radius 2 is 1.65 bits per heavy atom. The van der Waals surface area contributed by atoms with Gasteiger partial charge in [0, 0.05) is 6.42 Å². The average Bonchev–Trinajstić information content (AvgIpc) is 3.72. The van der Waals surface area contributed by atoms with E-state index in [4.69, 9.17) is 32.4 Å². The van der Waals surface area contributed by atoms with Crippen molar-refractivity contribution in [3.8, 4) is 0 Å². The number of aromatic nitrogens is 8. The molecule has 43 heavy (non-hydrogen) atoms. The molecule has 7 heterocycles. The number of rotatable bonds is 2. The zero-order chi connectivity index (χ0) is 30.0. The Labute approximate surface area is 240 Å². The molecule has 226 valence electrons. The van der Waals surface area contributed by atoms with Crippen molar-refractivity contribution < 1.29 is 19.7 Å². The minimum Gasteiger partial charge on any atom is -0.388 e. The third-order valence-corrected chi connectivity index (χ3v) is 7.85. The topological polar surface area (TPSA) is 307 Å². The second-order valence-corrected chi connectivity index (χ2v) is 10.5. The van der Waals surface area contributed by atoms with Crippen molar-refractivity contribution in [1.29, 1.82) is 0 Å². The Balaban J connectivity index is 1.20. The molecule has 4 aromatic heterocycles. The number of H-pyrrole nitrogens is 1. The lowest BCUT2D eigenvalue weighted by molar-refractivity contribution is -0.0320. The summed E-state index contributed by atoms with van der Waals surface area (Å²) in [6, 6.07) is -1.63. The van der Waals surface area contributed by atoms with Crippen molar-refractivity contribution in [1.82, 2.24) is 44.4 Å². The molecule has 0 aromatic carbocycles. The molecule has 0 amide bonds.